The monoisotopic (exact) mass is 708 g/mol. The predicted octanol–water partition coefficient (Wildman–Crippen LogP) is 5.35. The number of alkyl halides is 1. The Bertz CT molecular complexity index is 2020. The highest BCUT2D eigenvalue weighted by molar-refractivity contribution is 7.23. The summed E-state index contributed by atoms with van der Waals surface area (Å²) in [6.07, 6.45) is 4.73. The van der Waals surface area contributed by atoms with Gasteiger partial charge in [-0.25, -0.2) is 8.78 Å². The Morgan fingerprint density at radius 1 is 1.37 bits per heavy atom. The number of nitriles is 1. The van der Waals surface area contributed by atoms with Crippen LogP contribution in [0.3, 0.4) is 0 Å². The smallest absolute Gasteiger partial charge is 0.319 e. The van der Waals surface area contributed by atoms with Crippen LogP contribution in [0.5, 0.6) is 6.01 Å². The Morgan fingerprint density at radius 3 is 2.94 bits per heavy atom. The average Bonchev–Trinajstić information content (AvgIpc) is 3.85. The molecule has 6 heterocycles. The number of nitrogens with two attached hydrogens (primary N) is 1. The van der Waals surface area contributed by atoms with Gasteiger partial charge >= 0.3 is 6.01 Å². The van der Waals surface area contributed by atoms with Crippen LogP contribution in [0.15, 0.2) is 31.0 Å². The van der Waals surface area contributed by atoms with Crippen molar-refractivity contribution in [3.63, 3.8) is 0 Å². The number of hydrogen-bond acceptors (Lipinski definition) is 11. The third-order valence-corrected chi connectivity index (χ3v) is 11.6. The number of halogens is 3. The third kappa shape index (κ3) is 5.53. The van der Waals surface area contributed by atoms with Crippen molar-refractivity contribution >= 4 is 60.7 Å². The van der Waals surface area contributed by atoms with E-state index in [0.29, 0.717) is 60.2 Å². The summed E-state index contributed by atoms with van der Waals surface area (Å²) >= 11 is 8.14. The summed E-state index contributed by atoms with van der Waals surface area (Å²) in [7, 11) is 3.46. The van der Waals surface area contributed by atoms with Crippen molar-refractivity contribution in [2.75, 3.05) is 57.6 Å². The van der Waals surface area contributed by atoms with Crippen LogP contribution in [0.25, 0.3) is 32.2 Å². The van der Waals surface area contributed by atoms with E-state index >= 15 is 0 Å². The lowest BCUT2D eigenvalue weighted by Gasteiger charge is -2.34. The van der Waals surface area contributed by atoms with Gasteiger partial charge in [-0.3, -0.25) is 14.7 Å². The number of methoxy groups -OCH3 is 1. The molecule has 256 valence electrons. The maximum Gasteiger partial charge on any atom is 0.319 e. The number of rotatable bonds is 9. The van der Waals surface area contributed by atoms with Crippen molar-refractivity contribution in [1.29, 1.82) is 5.26 Å². The van der Waals surface area contributed by atoms with Crippen LogP contribution in [-0.2, 0) is 9.53 Å². The number of fused-ring (bicyclic) bond motifs is 3. The van der Waals surface area contributed by atoms with E-state index in [1.807, 2.05) is 11.9 Å². The minimum absolute atomic E-state index is 0.0546. The molecule has 3 fully saturated rings. The van der Waals surface area contributed by atoms with Crippen LogP contribution < -0.4 is 15.4 Å². The number of nitrogen functional groups attached to an aromatic ring is 1. The van der Waals surface area contributed by atoms with Crippen molar-refractivity contribution in [3.8, 4) is 23.3 Å². The number of aromatic nitrogens is 3. The molecule has 0 bridgehead atoms. The van der Waals surface area contributed by atoms with Crippen molar-refractivity contribution in [2.45, 2.75) is 49.5 Å². The maximum absolute atomic E-state index is 14.9. The summed E-state index contributed by atoms with van der Waals surface area (Å²) in [6, 6.07) is 4.46. The van der Waals surface area contributed by atoms with E-state index in [0.717, 1.165) is 30.7 Å². The summed E-state index contributed by atoms with van der Waals surface area (Å²) in [4.78, 5) is 33.0. The Hall–Kier alpha value is -4.16. The van der Waals surface area contributed by atoms with Crippen molar-refractivity contribution in [1.82, 2.24) is 24.8 Å². The minimum Gasteiger partial charge on any atom is -0.461 e. The number of thiophene rings is 1. The van der Waals surface area contributed by atoms with Gasteiger partial charge in [-0.1, -0.05) is 18.2 Å². The molecule has 3 aliphatic heterocycles. The van der Waals surface area contributed by atoms with Gasteiger partial charge in [-0.15, -0.1) is 11.3 Å². The molecule has 7 rings (SSSR count). The molecule has 15 heteroatoms. The number of anilines is 2. The Morgan fingerprint density at radius 2 is 2.18 bits per heavy atom. The molecule has 3 aromatic heterocycles. The molecule has 3 aliphatic rings. The van der Waals surface area contributed by atoms with Crippen molar-refractivity contribution < 1.29 is 23.0 Å². The van der Waals surface area contributed by atoms with Crippen LogP contribution in [0.4, 0.5) is 19.6 Å². The van der Waals surface area contributed by atoms with E-state index < -0.39 is 17.5 Å². The fourth-order valence-electron chi connectivity index (χ4n) is 7.90. The minimum atomic E-state index is -0.926. The Labute approximate surface area is 290 Å². The molecule has 2 N–H and O–H groups in total. The highest BCUT2D eigenvalue weighted by Crippen LogP contribution is 2.45. The van der Waals surface area contributed by atoms with Gasteiger partial charge in [0.15, 0.2) is 0 Å². The number of amides is 1. The molecule has 1 unspecified atom stereocenters. The summed E-state index contributed by atoms with van der Waals surface area (Å²) in [5.74, 6) is -0.231. The second kappa shape index (κ2) is 12.9. The number of hydrogen-bond donors (Lipinski definition) is 1. The van der Waals surface area contributed by atoms with Gasteiger partial charge in [0.2, 0.25) is 5.91 Å². The van der Waals surface area contributed by atoms with E-state index in [1.165, 1.54) is 18.2 Å². The second-order valence-corrected chi connectivity index (χ2v) is 14.3. The first-order chi connectivity index (χ1) is 23.6. The van der Waals surface area contributed by atoms with Gasteiger partial charge in [0.1, 0.15) is 41.0 Å². The fraction of sp³-hybridized carbons (Fsp3) is 0.441. The molecule has 0 spiro atoms. The van der Waals surface area contributed by atoms with E-state index in [4.69, 9.17) is 41.8 Å². The maximum atomic E-state index is 14.9. The fourth-order valence-corrected chi connectivity index (χ4v) is 9.14. The first-order valence-corrected chi connectivity index (χ1v) is 17.2. The molecule has 4 aromatic rings. The van der Waals surface area contributed by atoms with Gasteiger partial charge in [0.05, 0.1) is 50.6 Å². The van der Waals surface area contributed by atoms with Gasteiger partial charge in [0, 0.05) is 50.8 Å². The molecule has 49 heavy (non-hydrogen) atoms. The number of likely N-dealkylation sites (tertiary alicyclic amines) is 1. The topological polar surface area (TPSA) is 134 Å². The van der Waals surface area contributed by atoms with Crippen LogP contribution in [0.1, 0.15) is 31.2 Å². The Kier molecular flexibility index (Phi) is 8.81. The predicted molar refractivity (Wildman–Crippen MR) is 185 cm³/mol. The lowest BCUT2D eigenvalue weighted by atomic mass is 9.95. The van der Waals surface area contributed by atoms with Gasteiger partial charge in [-0.2, -0.15) is 15.2 Å². The van der Waals surface area contributed by atoms with Gasteiger partial charge in [-0.05, 0) is 44.0 Å². The molecule has 4 atom stereocenters. The zero-order valence-electron chi connectivity index (χ0n) is 27.1. The van der Waals surface area contributed by atoms with Gasteiger partial charge < -0.3 is 25.0 Å². The molecule has 3 saturated heterocycles. The molecule has 0 saturated carbocycles. The highest BCUT2D eigenvalue weighted by atomic mass is 35.5. The molecule has 0 aliphatic carbocycles. The number of carbonyl (C=O) groups is 1. The zero-order chi connectivity index (χ0) is 34.6. The SMILES string of the molecule is C=CC(=O)N1CCC(N(C)c2nc(OC[C@@]34CCCN3C[C@H](F)C4)nc3c(Cl)c(-c4ccc(F)c5sc(N)c(C#N)c45)ncc23)[C@H]1COC. The van der Waals surface area contributed by atoms with E-state index in [1.54, 1.807) is 18.2 Å². The number of ether oxygens (including phenoxy) is 2. The highest BCUT2D eigenvalue weighted by Gasteiger charge is 2.49. The number of benzene rings is 1. The number of carbonyl (C=O) groups excluding carboxylic acids is 1. The quantitative estimate of drug-likeness (QED) is 0.227. The van der Waals surface area contributed by atoms with Crippen LogP contribution in [0, 0.1) is 17.1 Å². The Balaban J connectivity index is 1.36. The van der Waals surface area contributed by atoms with Crippen LogP contribution >= 0.6 is 22.9 Å². The molecule has 1 amide bonds. The molecule has 1 aromatic carbocycles. The molecule has 0 radical (unpaired) electrons. The molecular weight excluding hydrogens is 674 g/mol. The lowest BCUT2D eigenvalue weighted by molar-refractivity contribution is -0.127. The normalized spacial score (nSPS) is 23.7. The number of likely N-dealkylation sites (N-methyl/N-ethyl adjacent to an activating group) is 1. The number of nitrogens with zero attached hydrogens (tertiary/aromatic N) is 7. The lowest BCUT2D eigenvalue weighted by Crippen LogP contribution is -2.48. The first-order valence-electron chi connectivity index (χ1n) is 16.0. The summed E-state index contributed by atoms with van der Waals surface area (Å²) < 4.78 is 41.6. The summed E-state index contributed by atoms with van der Waals surface area (Å²) in [5, 5.41) is 11.1. The van der Waals surface area contributed by atoms with E-state index in [-0.39, 0.29) is 56.6 Å². The summed E-state index contributed by atoms with van der Waals surface area (Å²) in [5.41, 5.74) is 6.85. The van der Waals surface area contributed by atoms with Gasteiger partial charge in [0.25, 0.3) is 0 Å². The van der Waals surface area contributed by atoms with E-state index in [2.05, 4.69) is 17.5 Å². The summed E-state index contributed by atoms with van der Waals surface area (Å²) in [6.45, 7) is 5.84. The largest absolute Gasteiger partial charge is 0.461 e. The van der Waals surface area contributed by atoms with Crippen LogP contribution in [-0.4, -0.2) is 101 Å². The number of pyridine rings is 1. The van der Waals surface area contributed by atoms with Crippen molar-refractivity contribution in [3.05, 3.63) is 47.4 Å². The first kappa shape index (κ1) is 33.3. The zero-order valence-corrected chi connectivity index (χ0v) is 28.7. The second-order valence-electron chi connectivity index (χ2n) is 12.9. The third-order valence-electron chi connectivity index (χ3n) is 10.2. The van der Waals surface area contributed by atoms with E-state index in [9.17, 15) is 18.8 Å². The van der Waals surface area contributed by atoms with Crippen molar-refractivity contribution in [2.24, 2.45) is 0 Å². The average molecular weight is 709 g/mol. The standard InChI is InChI=1S/C34H35ClF2N8O3S/c1-4-25(46)45-11-8-23(24(45)16-47-3)43(2)32-21-14-40-28(19-6-7-22(37)30-26(19)20(13-38)31(39)49-30)27(35)29(21)41-33(42-32)48-17-34-9-5-10-44(34)15-18(36)12-34/h4,6-7,14,18,23-24H,1,5,8-12,15-17,39H2,2-3H3/t18-,23?,24-,34+/m1/s1. The molecular formula is C34H35ClF2N8O3S. The van der Waals surface area contributed by atoms with Crippen LogP contribution in [0.2, 0.25) is 5.02 Å². The molecule has 11 nitrogen and oxygen atoms in total.